The van der Waals surface area contributed by atoms with Crippen molar-refractivity contribution in [2.24, 2.45) is 0 Å². The van der Waals surface area contributed by atoms with Gasteiger partial charge in [-0.2, -0.15) is 0 Å². The van der Waals surface area contributed by atoms with Gasteiger partial charge in [0.25, 0.3) is 0 Å². The molecule has 1 aliphatic carbocycles. The minimum absolute atomic E-state index is 0.119. The molecule has 3 heteroatoms. The van der Waals surface area contributed by atoms with Crippen LogP contribution in [-0.2, 0) is 0 Å². The van der Waals surface area contributed by atoms with Gasteiger partial charge in [0.1, 0.15) is 11.6 Å². The molecule has 88 valence electrons. The third kappa shape index (κ3) is 3.81. The van der Waals surface area contributed by atoms with Crippen LogP contribution in [0.1, 0.15) is 26.2 Å². The van der Waals surface area contributed by atoms with Gasteiger partial charge in [-0.05, 0) is 44.9 Å². The van der Waals surface area contributed by atoms with Crippen LogP contribution in [0.2, 0.25) is 0 Å². The molecule has 1 saturated carbocycles. The molecule has 1 aromatic carbocycles. The smallest absolute Gasteiger partial charge is 0.126 e. The highest BCUT2D eigenvalue weighted by Crippen LogP contribution is 2.19. The van der Waals surface area contributed by atoms with Gasteiger partial charge in [0.15, 0.2) is 0 Å². The summed E-state index contributed by atoms with van der Waals surface area (Å²) in [6, 6.07) is 7.03. The van der Waals surface area contributed by atoms with Crippen LogP contribution in [0.3, 0.4) is 0 Å². The van der Waals surface area contributed by atoms with Crippen molar-refractivity contribution in [2.75, 3.05) is 6.54 Å². The van der Waals surface area contributed by atoms with Gasteiger partial charge < -0.3 is 10.1 Å². The maximum atomic E-state index is 12.9. The van der Waals surface area contributed by atoms with Crippen molar-refractivity contribution in [3.05, 3.63) is 30.1 Å². The second kappa shape index (κ2) is 5.30. The summed E-state index contributed by atoms with van der Waals surface area (Å²) in [6.07, 6.45) is 3.68. The van der Waals surface area contributed by atoms with Gasteiger partial charge in [-0.1, -0.05) is 6.07 Å². The standard InChI is InChI=1S/C13H18FNO/c1-10(7-8-15-12-5-6-12)16-13-4-2-3-11(14)9-13/h2-4,9-10,12,15H,5-8H2,1H3. The Morgan fingerprint density at radius 1 is 1.50 bits per heavy atom. The van der Waals surface area contributed by atoms with Crippen LogP contribution in [0, 0.1) is 5.82 Å². The zero-order valence-corrected chi connectivity index (χ0v) is 9.58. The van der Waals surface area contributed by atoms with Crippen LogP contribution in [0.25, 0.3) is 0 Å². The molecule has 0 radical (unpaired) electrons. The number of ether oxygens (including phenoxy) is 1. The Hall–Kier alpha value is -1.09. The molecule has 0 amide bonds. The number of benzene rings is 1. The SMILES string of the molecule is CC(CCNC1CC1)Oc1cccc(F)c1. The third-order valence-electron chi connectivity index (χ3n) is 2.69. The molecule has 1 N–H and O–H groups in total. The van der Waals surface area contributed by atoms with Crippen molar-refractivity contribution in [3.8, 4) is 5.75 Å². The average Bonchev–Trinajstić information content (AvgIpc) is 3.01. The van der Waals surface area contributed by atoms with E-state index in [0.717, 1.165) is 19.0 Å². The molecule has 0 aliphatic heterocycles. The first-order chi connectivity index (χ1) is 7.74. The minimum atomic E-state index is -0.249. The maximum Gasteiger partial charge on any atom is 0.126 e. The van der Waals surface area contributed by atoms with Crippen molar-refractivity contribution >= 4 is 0 Å². The molecule has 0 aromatic heterocycles. The zero-order valence-electron chi connectivity index (χ0n) is 9.58. The van der Waals surface area contributed by atoms with E-state index >= 15 is 0 Å². The van der Waals surface area contributed by atoms with Crippen LogP contribution in [0.15, 0.2) is 24.3 Å². The summed E-state index contributed by atoms with van der Waals surface area (Å²) in [4.78, 5) is 0. The molecule has 1 fully saturated rings. The summed E-state index contributed by atoms with van der Waals surface area (Å²) in [5.41, 5.74) is 0. The Bertz CT molecular complexity index is 338. The first-order valence-electron chi connectivity index (χ1n) is 5.89. The van der Waals surface area contributed by atoms with Gasteiger partial charge in [-0.3, -0.25) is 0 Å². The predicted octanol–water partition coefficient (Wildman–Crippen LogP) is 2.74. The predicted molar refractivity (Wildman–Crippen MR) is 62.1 cm³/mol. The lowest BCUT2D eigenvalue weighted by atomic mass is 10.2. The van der Waals surface area contributed by atoms with Crippen LogP contribution in [-0.4, -0.2) is 18.7 Å². The van der Waals surface area contributed by atoms with E-state index in [1.54, 1.807) is 12.1 Å². The quantitative estimate of drug-likeness (QED) is 0.800. The van der Waals surface area contributed by atoms with Gasteiger partial charge >= 0.3 is 0 Å². The zero-order chi connectivity index (χ0) is 11.4. The largest absolute Gasteiger partial charge is 0.491 e. The van der Waals surface area contributed by atoms with Gasteiger partial charge in [0.2, 0.25) is 0 Å². The number of hydrogen-bond acceptors (Lipinski definition) is 2. The van der Waals surface area contributed by atoms with Crippen LogP contribution < -0.4 is 10.1 Å². The normalized spacial score (nSPS) is 17.1. The Morgan fingerprint density at radius 3 is 3.00 bits per heavy atom. The summed E-state index contributed by atoms with van der Waals surface area (Å²) in [5, 5.41) is 3.43. The molecule has 1 aromatic rings. The van der Waals surface area contributed by atoms with Crippen molar-refractivity contribution in [1.82, 2.24) is 5.32 Å². The second-order valence-electron chi connectivity index (χ2n) is 4.40. The fraction of sp³-hybridized carbons (Fsp3) is 0.538. The van der Waals surface area contributed by atoms with Crippen LogP contribution in [0.5, 0.6) is 5.75 Å². The second-order valence-corrected chi connectivity index (χ2v) is 4.40. The molecule has 2 rings (SSSR count). The third-order valence-corrected chi connectivity index (χ3v) is 2.69. The lowest BCUT2D eigenvalue weighted by Crippen LogP contribution is -2.23. The molecular weight excluding hydrogens is 205 g/mol. The van der Waals surface area contributed by atoms with Gasteiger partial charge in [0.05, 0.1) is 6.10 Å². The summed E-state index contributed by atoms with van der Waals surface area (Å²) >= 11 is 0. The number of halogens is 1. The highest BCUT2D eigenvalue weighted by molar-refractivity contribution is 5.22. The molecule has 0 saturated heterocycles. The molecule has 0 bridgehead atoms. The highest BCUT2D eigenvalue weighted by Gasteiger charge is 2.20. The van der Waals surface area contributed by atoms with E-state index in [1.165, 1.54) is 25.0 Å². The summed E-state index contributed by atoms with van der Waals surface area (Å²) in [5.74, 6) is 0.361. The average molecular weight is 223 g/mol. The van der Waals surface area contributed by atoms with Gasteiger partial charge in [-0.25, -0.2) is 4.39 Å². The van der Waals surface area contributed by atoms with Gasteiger partial charge in [0, 0.05) is 12.1 Å². The number of hydrogen-bond donors (Lipinski definition) is 1. The van der Waals surface area contributed by atoms with E-state index in [1.807, 2.05) is 6.92 Å². The molecule has 1 aliphatic rings. The van der Waals surface area contributed by atoms with E-state index in [2.05, 4.69) is 5.32 Å². The molecule has 2 nitrogen and oxygen atoms in total. The molecule has 0 heterocycles. The number of rotatable bonds is 6. The van der Waals surface area contributed by atoms with Crippen LogP contribution in [0.4, 0.5) is 4.39 Å². The topological polar surface area (TPSA) is 21.3 Å². The van der Waals surface area contributed by atoms with Crippen LogP contribution >= 0.6 is 0 Å². The monoisotopic (exact) mass is 223 g/mol. The van der Waals surface area contributed by atoms with E-state index in [9.17, 15) is 4.39 Å². The summed E-state index contributed by atoms with van der Waals surface area (Å²) in [6.45, 7) is 2.99. The molecule has 1 atom stereocenters. The Kier molecular flexibility index (Phi) is 3.78. The molecule has 0 spiro atoms. The fourth-order valence-electron chi connectivity index (χ4n) is 1.61. The van der Waals surface area contributed by atoms with Gasteiger partial charge in [-0.15, -0.1) is 0 Å². The van der Waals surface area contributed by atoms with E-state index in [4.69, 9.17) is 4.74 Å². The minimum Gasteiger partial charge on any atom is -0.491 e. The van der Waals surface area contributed by atoms with E-state index in [-0.39, 0.29) is 11.9 Å². The first kappa shape index (κ1) is 11.4. The maximum absolute atomic E-state index is 12.9. The van der Waals surface area contributed by atoms with Crippen molar-refractivity contribution in [1.29, 1.82) is 0 Å². The van der Waals surface area contributed by atoms with E-state index < -0.39 is 0 Å². The molecule has 16 heavy (non-hydrogen) atoms. The number of nitrogens with one attached hydrogen (secondary N) is 1. The summed E-state index contributed by atoms with van der Waals surface area (Å²) < 4.78 is 18.5. The van der Waals surface area contributed by atoms with Crippen molar-refractivity contribution in [2.45, 2.75) is 38.3 Å². The van der Waals surface area contributed by atoms with Crippen molar-refractivity contribution in [3.63, 3.8) is 0 Å². The Morgan fingerprint density at radius 2 is 2.31 bits per heavy atom. The molecular formula is C13H18FNO. The Labute approximate surface area is 95.8 Å². The first-order valence-corrected chi connectivity index (χ1v) is 5.89. The summed E-state index contributed by atoms with van der Waals surface area (Å²) in [7, 11) is 0. The molecule has 1 unspecified atom stereocenters. The lowest BCUT2D eigenvalue weighted by molar-refractivity contribution is 0.209. The fourth-order valence-corrected chi connectivity index (χ4v) is 1.61. The van der Waals surface area contributed by atoms with E-state index in [0.29, 0.717) is 5.75 Å². The lowest BCUT2D eigenvalue weighted by Gasteiger charge is -2.14. The van der Waals surface area contributed by atoms with Crippen molar-refractivity contribution < 1.29 is 9.13 Å². The Balaban J connectivity index is 1.70. The highest BCUT2D eigenvalue weighted by atomic mass is 19.1.